The molecule has 11 heteroatoms. The quantitative estimate of drug-likeness (QED) is 0.151. The molecule has 0 saturated carbocycles. The third-order valence-electron chi connectivity index (χ3n) is 5.22. The van der Waals surface area contributed by atoms with E-state index in [2.05, 4.69) is 0 Å². The first-order chi connectivity index (χ1) is 17.8. The number of nitrogen functional groups attached to an aromatic ring is 2. The summed E-state index contributed by atoms with van der Waals surface area (Å²) in [6.07, 6.45) is -9.18. The molecule has 0 spiro atoms. The molecule has 0 unspecified atom stereocenters. The molecular formula is C27H18F6N2O3. The van der Waals surface area contributed by atoms with E-state index in [1.54, 1.807) is 0 Å². The van der Waals surface area contributed by atoms with Gasteiger partial charge in [0.05, 0.1) is 11.1 Å². The topological polar surface area (TPSA) is 87.6 Å². The van der Waals surface area contributed by atoms with Gasteiger partial charge in [-0.15, -0.1) is 0 Å². The minimum absolute atomic E-state index is 0.116. The third-order valence-corrected chi connectivity index (χ3v) is 5.22. The first kappa shape index (κ1) is 26.4. The SMILES string of the molecule is Nc1cc(Oc2ccc(C(=O)c3ccc(Oc4cc(N)cc(C(F)(F)F)c4)cc3)cc2)cc(C(F)(F)F)c1. The molecule has 0 saturated heterocycles. The lowest BCUT2D eigenvalue weighted by Gasteiger charge is -2.12. The lowest BCUT2D eigenvalue weighted by molar-refractivity contribution is -0.138. The maximum atomic E-state index is 13.0. The van der Waals surface area contributed by atoms with E-state index in [0.717, 1.165) is 24.3 Å². The molecule has 0 radical (unpaired) electrons. The average Bonchev–Trinajstić information content (AvgIpc) is 2.83. The number of carbonyl (C=O) groups is 1. The van der Waals surface area contributed by atoms with Crippen LogP contribution in [0, 0.1) is 0 Å². The van der Waals surface area contributed by atoms with E-state index in [0.29, 0.717) is 0 Å². The number of anilines is 2. The Balaban J connectivity index is 1.45. The largest absolute Gasteiger partial charge is 0.457 e. The van der Waals surface area contributed by atoms with Crippen LogP contribution in [0.4, 0.5) is 37.7 Å². The van der Waals surface area contributed by atoms with Crippen molar-refractivity contribution in [3.8, 4) is 23.0 Å². The second-order valence-electron chi connectivity index (χ2n) is 8.16. The molecule has 4 aromatic carbocycles. The summed E-state index contributed by atoms with van der Waals surface area (Å²) in [6, 6.07) is 17.1. The van der Waals surface area contributed by atoms with Crippen molar-refractivity contribution >= 4 is 17.2 Å². The van der Waals surface area contributed by atoms with Crippen molar-refractivity contribution in [2.45, 2.75) is 12.4 Å². The summed E-state index contributed by atoms with van der Waals surface area (Å²) in [5.41, 5.74) is 9.45. The zero-order valence-corrected chi connectivity index (χ0v) is 19.2. The summed E-state index contributed by atoms with van der Waals surface area (Å²) in [6.45, 7) is 0. The van der Waals surface area contributed by atoms with Crippen LogP contribution in [0.25, 0.3) is 0 Å². The van der Waals surface area contributed by atoms with Crippen LogP contribution in [0.3, 0.4) is 0 Å². The number of ketones is 1. The fourth-order valence-electron chi connectivity index (χ4n) is 3.48. The number of benzene rings is 4. The Morgan fingerprint density at radius 2 is 0.868 bits per heavy atom. The van der Waals surface area contributed by atoms with Gasteiger partial charge in [-0.1, -0.05) is 0 Å². The number of hydrogen-bond donors (Lipinski definition) is 2. The molecular weight excluding hydrogens is 514 g/mol. The van der Waals surface area contributed by atoms with Crippen molar-refractivity contribution in [3.63, 3.8) is 0 Å². The Morgan fingerprint density at radius 1 is 0.526 bits per heavy atom. The van der Waals surface area contributed by atoms with Crippen LogP contribution in [0.2, 0.25) is 0 Å². The fraction of sp³-hybridized carbons (Fsp3) is 0.0741. The summed E-state index contributed by atoms with van der Waals surface area (Å²) < 4.78 is 88.9. The van der Waals surface area contributed by atoms with Gasteiger partial charge in [0.1, 0.15) is 23.0 Å². The van der Waals surface area contributed by atoms with E-state index in [1.165, 1.54) is 60.7 Å². The van der Waals surface area contributed by atoms with Crippen LogP contribution in [-0.2, 0) is 12.4 Å². The van der Waals surface area contributed by atoms with Crippen LogP contribution in [0.5, 0.6) is 23.0 Å². The molecule has 38 heavy (non-hydrogen) atoms. The molecule has 5 nitrogen and oxygen atoms in total. The molecule has 4 aromatic rings. The Hall–Kier alpha value is -4.67. The maximum Gasteiger partial charge on any atom is 0.416 e. The van der Waals surface area contributed by atoms with Crippen molar-refractivity contribution < 1.29 is 40.6 Å². The number of ether oxygens (including phenoxy) is 2. The molecule has 196 valence electrons. The minimum Gasteiger partial charge on any atom is -0.457 e. The Kier molecular flexibility index (Phi) is 6.95. The van der Waals surface area contributed by atoms with Gasteiger partial charge >= 0.3 is 12.4 Å². The number of rotatable bonds is 6. The molecule has 0 fully saturated rings. The highest BCUT2D eigenvalue weighted by Gasteiger charge is 2.32. The van der Waals surface area contributed by atoms with Gasteiger partial charge in [0.2, 0.25) is 0 Å². The van der Waals surface area contributed by atoms with Gasteiger partial charge in [-0.05, 0) is 72.8 Å². The molecule has 0 heterocycles. The normalized spacial score (nSPS) is 11.7. The van der Waals surface area contributed by atoms with Crippen LogP contribution < -0.4 is 20.9 Å². The van der Waals surface area contributed by atoms with Crippen molar-refractivity contribution in [2.24, 2.45) is 0 Å². The maximum absolute atomic E-state index is 13.0. The van der Waals surface area contributed by atoms with Crippen LogP contribution in [0.15, 0.2) is 84.9 Å². The predicted molar refractivity (Wildman–Crippen MR) is 128 cm³/mol. The number of hydrogen-bond acceptors (Lipinski definition) is 5. The van der Waals surface area contributed by atoms with E-state index < -0.39 is 23.5 Å². The Bertz CT molecular complexity index is 1350. The molecule has 0 amide bonds. The van der Waals surface area contributed by atoms with Crippen molar-refractivity contribution in [2.75, 3.05) is 11.5 Å². The predicted octanol–water partition coefficient (Wildman–Crippen LogP) is 7.70. The number of nitrogens with two attached hydrogens (primary N) is 2. The van der Waals surface area contributed by atoms with Gasteiger partial charge in [0.15, 0.2) is 5.78 Å². The smallest absolute Gasteiger partial charge is 0.416 e. The molecule has 0 aliphatic rings. The van der Waals surface area contributed by atoms with E-state index >= 15 is 0 Å². The molecule has 0 atom stereocenters. The number of halogens is 6. The Labute approximate surface area is 212 Å². The molecule has 0 aliphatic carbocycles. The standard InChI is InChI=1S/C27H18F6N2O3/c28-26(29,30)17-9-19(34)13-23(11-17)37-21-5-1-15(2-6-21)25(36)16-3-7-22(8-4-16)38-24-12-18(27(31,32)33)10-20(35)14-24/h1-14H,34-35H2. The van der Waals surface area contributed by atoms with E-state index in [9.17, 15) is 31.1 Å². The van der Waals surface area contributed by atoms with Crippen LogP contribution in [0.1, 0.15) is 27.0 Å². The molecule has 0 aromatic heterocycles. The number of carbonyl (C=O) groups excluding carboxylic acids is 1. The first-order valence-corrected chi connectivity index (χ1v) is 10.8. The molecule has 4 N–H and O–H groups in total. The lowest BCUT2D eigenvalue weighted by atomic mass is 10.0. The average molecular weight is 532 g/mol. The van der Waals surface area contributed by atoms with Gasteiger partial charge in [0.25, 0.3) is 0 Å². The minimum atomic E-state index is -4.59. The van der Waals surface area contributed by atoms with Gasteiger partial charge in [-0.25, -0.2) is 0 Å². The van der Waals surface area contributed by atoms with E-state index in [1.807, 2.05) is 0 Å². The summed E-state index contributed by atoms with van der Waals surface area (Å²) in [4.78, 5) is 12.8. The van der Waals surface area contributed by atoms with Crippen molar-refractivity contribution in [3.05, 3.63) is 107 Å². The van der Waals surface area contributed by atoms with Gasteiger partial charge in [-0.2, -0.15) is 26.3 Å². The van der Waals surface area contributed by atoms with Gasteiger partial charge < -0.3 is 20.9 Å². The highest BCUT2D eigenvalue weighted by atomic mass is 19.4. The fourth-order valence-corrected chi connectivity index (χ4v) is 3.48. The molecule has 0 bridgehead atoms. The second-order valence-corrected chi connectivity index (χ2v) is 8.16. The molecule has 4 rings (SSSR count). The van der Waals surface area contributed by atoms with E-state index in [-0.39, 0.29) is 51.3 Å². The zero-order valence-electron chi connectivity index (χ0n) is 19.2. The van der Waals surface area contributed by atoms with Crippen LogP contribution >= 0.6 is 0 Å². The summed E-state index contributed by atoms with van der Waals surface area (Å²) in [5.74, 6) is -0.243. The second kappa shape index (κ2) is 10.0. The van der Waals surface area contributed by atoms with Crippen molar-refractivity contribution in [1.82, 2.24) is 0 Å². The van der Waals surface area contributed by atoms with Crippen LogP contribution in [-0.4, -0.2) is 5.78 Å². The summed E-state index contributed by atoms with van der Waals surface area (Å²) >= 11 is 0. The van der Waals surface area contributed by atoms with Crippen molar-refractivity contribution in [1.29, 1.82) is 0 Å². The number of alkyl halides is 6. The Morgan fingerprint density at radius 3 is 1.18 bits per heavy atom. The van der Waals surface area contributed by atoms with Gasteiger partial charge in [-0.3, -0.25) is 4.79 Å². The lowest BCUT2D eigenvalue weighted by Crippen LogP contribution is -2.06. The third kappa shape index (κ3) is 6.36. The summed E-state index contributed by atoms with van der Waals surface area (Å²) in [5, 5.41) is 0. The monoisotopic (exact) mass is 532 g/mol. The van der Waals surface area contributed by atoms with Gasteiger partial charge in [0, 0.05) is 34.6 Å². The highest BCUT2D eigenvalue weighted by molar-refractivity contribution is 6.09. The highest BCUT2D eigenvalue weighted by Crippen LogP contribution is 2.36. The molecule has 0 aliphatic heterocycles. The zero-order chi connectivity index (χ0) is 27.7. The van der Waals surface area contributed by atoms with E-state index in [4.69, 9.17) is 20.9 Å². The first-order valence-electron chi connectivity index (χ1n) is 10.8. The summed E-state index contributed by atoms with van der Waals surface area (Å²) in [7, 11) is 0.